The van der Waals surface area contributed by atoms with Gasteiger partial charge in [0.05, 0.1) is 0 Å². The molecule has 0 aliphatic heterocycles. The van der Waals surface area contributed by atoms with E-state index in [0.29, 0.717) is 11.7 Å². The molecule has 0 amide bonds. The average Bonchev–Trinajstić information content (AvgIpc) is 2.39. The molecule has 0 aromatic heterocycles. The van der Waals surface area contributed by atoms with Crippen LogP contribution in [-0.4, -0.2) is 5.05 Å². The summed E-state index contributed by atoms with van der Waals surface area (Å²) in [5.74, 6) is 1.67. The SMILES string of the molecule is CC(=S)Oc1cccc(C)c1COc1ccc(C)cc1C. The molecular formula is C18H20O2S. The van der Waals surface area contributed by atoms with Gasteiger partial charge in [0.15, 0.2) is 5.05 Å². The zero-order valence-corrected chi connectivity index (χ0v) is 13.7. The molecule has 0 spiro atoms. The maximum atomic E-state index is 5.96. The van der Waals surface area contributed by atoms with E-state index in [1.165, 1.54) is 5.56 Å². The molecule has 0 radical (unpaired) electrons. The first kappa shape index (κ1) is 15.5. The molecule has 0 bridgehead atoms. The average molecular weight is 300 g/mol. The van der Waals surface area contributed by atoms with Gasteiger partial charge in [-0.1, -0.05) is 29.8 Å². The Kier molecular flexibility index (Phi) is 4.97. The van der Waals surface area contributed by atoms with Gasteiger partial charge in [0.25, 0.3) is 0 Å². The molecule has 0 saturated heterocycles. The molecular weight excluding hydrogens is 280 g/mol. The molecule has 0 N–H and O–H groups in total. The summed E-state index contributed by atoms with van der Waals surface area (Å²) in [4.78, 5) is 0. The fraction of sp³-hybridized carbons (Fsp3) is 0.278. The standard InChI is InChI=1S/C18H20O2S/c1-12-8-9-17(14(3)10-12)19-11-16-13(2)6-5-7-18(16)20-15(4)21/h5-10H,11H2,1-4H3. The van der Waals surface area contributed by atoms with Crippen molar-refractivity contribution in [2.45, 2.75) is 34.3 Å². The van der Waals surface area contributed by atoms with E-state index in [2.05, 4.69) is 26.0 Å². The smallest absolute Gasteiger partial charge is 0.164 e. The van der Waals surface area contributed by atoms with E-state index in [9.17, 15) is 0 Å². The van der Waals surface area contributed by atoms with Crippen molar-refractivity contribution in [2.75, 3.05) is 0 Å². The van der Waals surface area contributed by atoms with Crippen LogP contribution in [-0.2, 0) is 6.61 Å². The fourth-order valence-electron chi connectivity index (χ4n) is 2.22. The number of aryl methyl sites for hydroxylation is 3. The number of benzene rings is 2. The lowest BCUT2D eigenvalue weighted by atomic mass is 10.1. The van der Waals surface area contributed by atoms with Gasteiger partial charge in [-0.2, -0.15) is 0 Å². The van der Waals surface area contributed by atoms with Crippen molar-refractivity contribution in [3.8, 4) is 11.5 Å². The van der Waals surface area contributed by atoms with Crippen LogP contribution in [0.25, 0.3) is 0 Å². The van der Waals surface area contributed by atoms with Crippen molar-refractivity contribution in [3.05, 3.63) is 58.7 Å². The van der Waals surface area contributed by atoms with Gasteiger partial charge in [-0.3, -0.25) is 0 Å². The van der Waals surface area contributed by atoms with Crippen molar-refractivity contribution in [1.29, 1.82) is 0 Å². The van der Waals surface area contributed by atoms with Crippen LogP contribution in [0, 0.1) is 20.8 Å². The van der Waals surface area contributed by atoms with Crippen molar-refractivity contribution < 1.29 is 9.47 Å². The molecule has 0 heterocycles. The lowest BCUT2D eigenvalue weighted by Gasteiger charge is -2.15. The van der Waals surface area contributed by atoms with E-state index >= 15 is 0 Å². The fourth-order valence-corrected chi connectivity index (χ4v) is 2.31. The van der Waals surface area contributed by atoms with Crippen LogP contribution in [0.5, 0.6) is 11.5 Å². The van der Waals surface area contributed by atoms with Gasteiger partial charge in [-0.25, -0.2) is 0 Å². The van der Waals surface area contributed by atoms with Crippen molar-refractivity contribution >= 4 is 17.3 Å². The van der Waals surface area contributed by atoms with Crippen molar-refractivity contribution in [2.24, 2.45) is 0 Å². The Hall–Kier alpha value is -1.87. The van der Waals surface area contributed by atoms with E-state index in [1.807, 2.05) is 31.2 Å². The Labute approximate surface area is 131 Å². The largest absolute Gasteiger partial charge is 0.488 e. The van der Waals surface area contributed by atoms with E-state index < -0.39 is 0 Å². The van der Waals surface area contributed by atoms with Crippen molar-refractivity contribution in [1.82, 2.24) is 0 Å². The third kappa shape index (κ3) is 4.05. The molecule has 110 valence electrons. The van der Waals surface area contributed by atoms with Gasteiger partial charge >= 0.3 is 0 Å². The highest BCUT2D eigenvalue weighted by molar-refractivity contribution is 7.80. The maximum Gasteiger partial charge on any atom is 0.164 e. The summed E-state index contributed by atoms with van der Waals surface area (Å²) in [5, 5.41) is 0.508. The molecule has 2 rings (SSSR count). The van der Waals surface area contributed by atoms with Crippen LogP contribution in [0.2, 0.25) is 0 Å². The molecule has 0 unspecified atom stereocenters. The zero-order valence-electron chi connectivity index (χ0n) is 12.9. The summed E-state index contributed by atoms with van der Waals surface area (Å²) in [6.45, 7) is 8.41. The lowest BCUT2D eigenvalue weighted by Crippen LogP contribution is -2.06. The van der Waals surface area contributed by atoms with Crippen LogP contribution < -0.4 is 9.47 Å². The zero-order chi connectivity index (χ0) is 15.4. The Morgan fingerprint density at radius 3 is 2.43 bits per heavy atom. The first-order valence-electron chi connectivity index (χ1n) is 6.94. The molecule has 0 saturated carbocycles. The Morgan fingerprint density at radius 2 is 1.76 bits per heavy atom. The number of rotatable bonds is 4. The molecule has 0 aliphatic carbocycles. The van der Waals surface area contributed by atoms with Gasteiger partial charge in [-0.05, 0) is 56.2 Å². The predicted octanol–water partition coefficient (Wildman–Crippen LogP) is 4.92. The van der Waals surface area contributed by atoms with Crippen LogP contribution in [0.15, 0.2) is 36.4 Å². The summed E-state index contributed by atoms with van der Waals surface area (Å²) in [5.41, 5.74) is 4.53. The van der Waals surface area contributed by atoms with Crippen molar-refractivity contribution in [3.63, 3.8) is 0 Å². The molecule has 0 fully saturated rings. The number of hydrogen-bond donors (Lipinski definition) is 0. The second-order valence-corrected chi connectivity index (χ2v) is 5.78. The van der Waals surface area contributed by atoms with Crippen LogP contribution in [0.3, 0.4) is 0 Å². The summed E-state index contributed by atoms with van der Waals surface area (Å²) in [6.07, 6.45) is 0. The van der Waals surface area contributed by atoms with Gasteiger partial charge in [0, 0.05) is 12.5 Å². The third-order valence-corrected chi connectivity index (χ3v) is 3.41. The van der Waals surface area contributed by atoms with Gasteiger partial charge < -0.3 is 9.47 Å². The molecule has 21 heavy (non-hydrogen) atoms. The second-order valence-electron chi connectivity index (χ2n) is 5.20. The Balaban J connectivity index is 2.21. The highest BCUT2D eigenvalue weighted by Gasteiger charge is 2.09. The van der Waals surface area contributed by atoms with E-state index in [1.54, 1.807) is 6.92 Å². The minimum atomic E-state index is 0.467. The van der Waals surface area contributed by atoms with Crippen LogP contribution in [0.1, 0.15) is 29.2 Å². The number of hydrogen-bond acceptors (Lipinski definition) is 3. The highest BCUT2D eigenvalue weighted by atomic mass is 32.1. The van der Waals surface area contributed by atoms with E-state index in [-0.39, 0.29) is 0 Å². The first-order valence-corrected chi connectivity index (χ1v) is 7.35. The highest BCUT2D eigenvalue weighted by Crippen LogP contribution is 2.26. The second kappa shape index (κ2) is 6.72. The molecule has 2 aromatic carbocycles. The number of thiocarbonyl (C=S) groups is 1. The molecule has 2 nitrogen and oxygen atoms in total. The van der Waals surface area contributed by atoms with Crippen LogP contribution >= 0.6 is 12.2 Å². The lowest BCUT2D eigenvalue weighted by molar-refractivity contribution is 0.299. The van der Waals surface area contributed by atoms with Gasteiger partial charge in [0.2, 0.25) is 0 Å². The summed E-state index contributed by atoms with van der Waals surface area (Å²) >= 11 is 5.03. The maximum absolute atomic E-state index is 5.96. The minimum Gasteiger partial charge on any atom is -0.488 e. The molecule has 3 heteroatoms. The monoisotopic (exact) mass is 300 g/mol. The molecule has 2 aromatic rings. The molecule has 0 aliphatic rings. The van der Waals surface area contributed by atoms with Crippen LogP contribution in [0.4, 0.5) is 0 Å². The minimum absolute atomic E-state index is 0.467. The van der Waals surface area contributed by atoms with E-state index in [0.717, 1.165) is 28.2 Å². The molecule has 0 atom stereocenters. The first-order chi connectivity index (χ1) is 9.97. The summed E-state index contributed by atoms with van der Waals surface area (Å²) < 4.78 is 11.6. The Morgan fingerprint density at radius 1 is 1.00 bits per heavy atom. The normalized spacial score (nSPS) is 10.3. The van der Waals surface area contributed by atoms with E-state index in [4.69, 9.17) is 21.7 Å². The third-order valence-electron chi connectivity index (χ3n) is 3.32. The van der Waals surface area contributed by atoms with Gasteiger partial charge in [0.1, 0.15) is 18.1 Å². The summed E-state index contributed by atoms with van der Waals surface area (Å²) in [7, 11) is 0. The quantitative estimate of drug-likeness (QED) is 0.747. The summed E-state index contributed by atoms with van der Waals surface area (Å²) in [6, 6.07) is 12.1. The number of ether oxygens (including phenoxy) is 2. The Bertz CT molecular complexity index is 662. The topological polar surface area (TPSA) is 18.5 Å². The van der Waals surface area contributed by atoms with Gasteiger partial charge in [-0.15, -0.1) is 0 Å². The predicted molar refractivity (Wildman–Crippen MR) is 90.3 cm³/mol.